The summed E-state index contributed by atoms with van der Waals surface area (Å²) in [4.78, 5) is 2.31. The smallest absolute Gasteiger partial charge is 0.251 e. The zero-order valence-corrected chi connectivity index (χ0v) is 32.2. The summed E-state index contributed by atoms with van der Waals surface area (Å²) < 4.78 is 7.18. The van der Waals surface area contributed by atoms with Crippen LogP contribution in [0.15, 0.2) is 206 Å². The summed E-state index contributed by atoms with van der Waals surface area (Å²) in [7, 11) is 0. The maximum atomic E-state index is 7.18. The predicted octanol–water partition coefficient (Wildman–Crippen LogP) is 12.4. The third kappa shape index (κ3) is 5.99. The van der Waals surface area contributed by atoms with Crippen LogP contribution in [0.25, 0.3) is 39.0 Å². The van der Waals surface area contributed by atoms with Gasteiger partial charge in [-0.3, -0.25) is 0 Å². The van der Waals surface area contributed by atoms with Crippen molar-refractivity contribution in [1.29, 1.82) is 0 Å². The number of rotatable bonds is 7. The van der Waals surface area contributed by atoms with E-state index in [9.17, 15) is 0 Å². The van der Waals surface area contributed by atoms with Gasteiger partial charge in [0.05, 0.1) is 0 Å². The lowest BCUT2D eigenvalue weighted by atomic mass is 9.32. The molecule has 3 aliphatic rings. The quantitative estimate of drug-likeness (QED) is 0.151. The average Bonchev–Trinajstić information content (AvgIpc) is 3.30. The van der Waals surface area contributed by atoms with E-state index in [2.05, 4.69) is 211 Å². The highest BCUT2D eigenvalue weighted by molar-refractivity contribution is 6.98. The summed E-state index contributed by atoms with van der Waals surface area (Å²) in [5.74, 6) is 1.93. The fraction of sp³-hybridized carbons (Fsp3) is 0.0545. The minimum atomic E-state index is 0.0373. The van der Waals surface area contributed by atoms with Crippen molar-refractivity contribution >= 4 is 45.7 Å². The number of fused-ring (bicyclic) bond motifs is 4. The Balaban J connectivity index is 1.06. The molecule has 0 N–H and O–H groups in total. The third-order valence-corrected chi connectivity index (χ3v) is 12.1. The van der Waals surface area contributed by atoms with E-state index >= 15 is 0 Å². The molecule has 2 heterocycles. The van der Waals surface area contributed by atoms with Crippen LogP contribution >= 0.6 is 0 Å². The molecule has 0 saturated heterocycles. The molecule has 0 radical (unpaired) electrons. The first-order chi connectivity index (χ1) is 28.8. The average molecular weight is 742 g/mol. The molecule has 0 amide bonds. The van der Waals surface area contributed by atoms with Crippen LogP contribution in [0.4, 0.5) is 17.1 Å². The van der Waals surface area contributed by atoms with Crippen LogP contribution in [-0.4, -0.2) is 6.71 Å². The molecule has 1 aliphatic carbocycles. The monoisotopic (exact) mass is 741 g/mol. The highest BCUT2D eigenvalue weighted by atomic mass is 16.5. The molecule has 0 bridgehead atoms. The van der Waals surface area contributed by atoms with Gasteiger partial charge in [-0.05, 0) is 129 Å². The van der Waals surface area contributed by atoms with Crippen molar-refractivity contribution in [2.24, 2.45) is 0 Å². The largest absolute Gasteiger partial charge is 0.458 e. The molecule has 2 aliphatic heterocycles. The molecule has 2 nitrogen and oxygen atoms in total. The van der Waals surface area contributed by atoms with Gasteiger partial charge >= 0.3 is 0 Å². The molecule has 0 spiro atoms. The Morgan fingerprint density at radius 3 is 1.71 bits per heavy atom. The third-order valence-electron chi connectivity index (χ3n) is 12.1. The Labute approximate surface area is 341 Å². The normalized spacial score (nSPS) is 13.4. The molecule has 0 aromatic heterocycles. The van der Waals surface area contributed by atoms with E-state index in [1.54, 1.807) is 0 Å². The molecule has 11 rings (SSSR count). The Hall–Kier alpha value is -7.10. The van der Waals surface area contributed by atoms with Crippen LogP contribution in [-0.2, 0) is 6.42 Å². The van der Waals surface area contributed by atoms with Gasteiger partial charge in [-0.15, -0.1) is 0 Å². The summed E-state index contributed by atoms with van der Waals surface area (Å²) >= 11 is 0. The van der Waals surface area contributed by atoms with Crippen molar-refractivity contribution in [2.75, 3.05) is 4.90 Å². The van der Waals surface area contributed by atoms with Gasteiger partial charge in [0.2, 0.25) is 0 Å². The number of benzene rings is 8. The van der Waals surface area contributed by atoms with Gasteiger partial charge in [0.25, 0.3) is 6.71 Å². The summed E-state index contributed by atoms with van der Waals surface area (Å²) in [5, 5.41) is 0. The van der Waals surface area contributed by atoms with Crippen LogP contribution < -0.4 is 26.0 Å². The maximum absolute atomic E-state index is 7.18. The summed E-state index contributed by atoms with van der Waals surface area (Å²) in [6.07, 6.45) is 9.87. The minimum absolute atomic E-state index is 0.0373. The van der Waals surface area contributed by atoms with Crippen molar-refractivity contribution < 1.29 is 4.74 Å². The van der Waals surface area contributed by atoms with Gasteiger partial charge in [0.15, 0.2) is 0 Å². The van der Waals surface area contributed by atoms with Crippen LogP contribution in [0.3, 0.4) is 0 Å². The molecular formula is C55H40BNO. The second-order valence-corrected chi connectivity index (χ2v) is 15.5. The van der Waals surface area contributed by atoms with Gasteiger partial charge < -0.3 is 9.64 Å². The Morgan fingerprint density at radius 2 is 1.05 bits per heavy atom. The van der Waals surface area contributed by atoms with E-state index in [-0.39, 0.29) is 6.71 Å². The molecule has 274 valence electrons. The van der Waals surface area contributed by atoms with E-state index in [4.69, 9.17) is 4.74 Å². The van der Waals surface area contributed by atoms with Crippen LogP contribution in [0.1, 0.15) is 29.5 Å². The number of para-hydroxylation sites is 2. The van der Waals surface area contributed by atoms with Crippen molar-refractivity contribution in [3.8, 4) is 44.9 Å². The molecule has 0 fully saturated rings. The second kappa shape index (κ2) is 14.4. The fourth-order valence-corrected chi connectivity index (χ4v) is 9.31. The number of anilines is 3. The van der Waals surface area contributed by atoms with Crippen molar-refractivity contribution in [1.82, 2.24) is 0 Å². The SMILES string of the molecule is C1=CC(c2ccc3c(c2)Oc2c(-c4ccccc4)cc(-c4ccccc4)c4c2B3c2ccc(-c3ccc(N(c5ccccc5)c5ccccc5)cc3)cc2C4)=CCC1. The molecule has 3 heteroatoms. The predicted molar refractivity (Wildman–Crippen MR) is 244 cm³/mol. The maximum Gasteiger partial charge on any atom is 0.251 e. The molecular weight excluding hydrogens is 701 g/mol. The lowest BCUT2D eigenvalue weighted by Crippen LogP contribution is -2.59. The number of hydrogen-bond acceptors (Lipinski definition) is 2. The molecule has 0 unspecified atom stereocenters. The number of allylic oxidation sites excluding steroid dienone is 4. The fourth-order valence-electron chi connectivity index (χ4n) is 9.31. The number of hydrogen-bond donors (Lipinski definition) is 0. The van der Waals surface area contributed by atoms with Crippen molar-refractivity contribution in [3.05, 3.63) is 223 Å². The van der Waals surface area contributed by atoms with E-state index in [1.165, 1.54) is 60.9 Å². The van der Waals surface area contributed by atoms with Gasteiger partial charge in [0, 0.05) is 22.6 Å². The van der Waals surface area contributed by atoms with E-state index in [0.717, 1.165) is 59.0 Å². The Bertz CT molecular complexity index is 2820. The van der Waals surface area contributed by atoms with E-state index < -0.39 is 0 Å². The summed E-state index contributed by atoms with van der Waals surface area (Å²) in [5.41, 5.74) is 19.7. The Kier molecular flexibility index (Phi) is 8.51. The number of ether oxygens (including phenoxy) is 1. The van der Waals surface area contributed by atoms with Crippen LogP contribution in [0.5, 0.6) is 11.5 Å². The highest BCUT2D eigenvalue weighted by Crippen LogP contribution is 2.43. The van der Waals surface area contributed by atoms with Crippen molar-refractivity contribution in [3.63, 3.8) is 0 Å². The van der Waals surface area contributed by atoms with E-state index in [1.807, 2.05) is 0 Å². The van der Waals surface area contributed by atoms with Crippen LogP contribution in [0.2, 0.25) is 0 Å². The number of nitrogens with zero attached hydrogens (tertiary/aromatic N) is 1. The standard InChI is InChI=1S/C55H40BNO/c1-6-16-38(17-7-1)43-29-33-52-53(36-43)58-55-49(41-20-10-3-11-21-41)37-48(40-18-8-2-9-19-40)50-35-44-34-42(28-32-51(44)56(52)54(50)55)39-26-30-47(31-27-39)57(45-22-12-4-13-23-45)46-24-14-5-15-25-46/h2-6,8-34,36-37H,1,7,35H2. The summed E-state index contributed by atoms with van der Waals surface area (Å²) in [6, 6.07) is 68.3. The van der Waals surface area contributed by atoms with E-state index in [0.29, 0.717) is 0 Å². The van der Waals surface area contributed by atoms with Crippen molar-refractivity contribution in [2.45, 2.75) is 19.3 Å². The molecule has 8 aromatic rings. The molecule has 8 aromatic carbocycles. The van der Waals surface area contributed by atoms with Gasteiger partial charge in [-0.25, -0.2) is 0 Å². The lowest BCUT2D eigenvalue weighted by Gasteiger charge is -2.36. The topological polar surface area (TPSA) is 12.5 Å². The van der Waals surface area contributed by atoms with Gasteiger partial charge in [0.1, 0.15) is 11.5 Å². The zero-order chi connectivity index (χ0) is 38.4. The summed E-state index contributed by atoms with van der Waals surface area (Å²) in [6.45, 7) is 0.0373. The molecule has 0 atom stereocenters. The first-order valence-electron chi connectivity index (χ1n) is 20.4. The van der Waals surface area contributed by atoms with Gasteiger partial charge in [-0.1, -0.05) is 163 Å². The molecule has 0 saturated carbocycles. The first-order valence-corrected chi connectivity index (χ1v) is 20.4. The van der Waals surface area contributed by atoms with Gasteiger partial charge in [-0.2, -0.15) is 0 Å². The minimum Gasteiger partial charge on any atom is -0.458 e. The zero-order valence-electron chi connectivity index (χ0n) is 32.2. The van der Waals surface area contributed by atoms with Crippen LogP contribution in [0, 0.1) is 0 Å². The molecule has 58 heavy (non-hydrogen) atoms. The lowest BCUT2D eigenvalue weighted by molar-refractivity contribution is 0.488. The first kappa shape index (κ1) is 34.2. The Morgan fingerprint density at radius 1 is 0.466 bits per heavy atom. The second-order valence-electron chi connectivity index (χ2n) is 15.5. The highest BCUT2D eigenvalue weighted by Gasteiger charge is 2.41.